The zero-order valence-electron chi connectivity index (χ0n) is 26.9. The molecule has 5 amide bonds. The molecule has 1 aliphatic heterocycles. The number of carbonyl (C=O) groups excluding carboxylic acids is 5. The maximum Gasteiger partial charge on any atom is 0.246 e. The van der Waals surface area contributed by atoms with E-state index in [2.05, 4.69) is 36.7 Å². The number of aryl methyl sites for hydroxylation is 1. The van der Waals surface area contributed by atoms with Crippen molar-refractivity contribution >= 4 is 47.0 Å². The van der Waals surface area contributed by atoms with Gasteiger partial charge in [-0.05, 0) is 49.8 Å². The van der Waals surface area contributed by atoms with Gasteiger partial charge in [-0.15, -0.1) is 11.8 Å². The number of carbonyl (C=O) groups is 5. The summed E-state index contributed by atoms with van der Waals surface area (Å²) in [6.07, 6.45) is 9.00. The Morgan fingerprint density at radius 1 is 0.907 bits per heavy atom. The number of amides is 5. The fourth-order valence-corrected chi connectivity index (χ4v) is 6.30. The van der Waals surface area contributed by atoms with Crippen molar-refractivity contribution in [2.45, 2.75) is 128 Å². The highest BCUT2D eigenvalue weighted by atomic mass is 32.2. The van der Waals surface area contributed by atoms with Crippen LogP contribution >= 0.6 is 11.8 Å². The molecular formula is C33H52N4O5S. The minimum absolute atomic E-state index is 0.0212. The number of hydrogen-bond acceptors (Lipinski definition) is 6. The van der Waals surface area contributed by atoms with Crippen LogP contribution in [0.15, 0.2) is 24.3 Å². The zero-order valence-corrected chi connectivity index (χ0v) is 27.7. The number of thioether (sulfide) groups is 1. The molecule has 1 aromatic carbocycles. The predicted molar refractivity (Wildman–Crippen MR) is 174 cm³/mol. The van der Waals surface area contributed by atoms with Crippen LogP contribution in [0.1, 0.15) is 105 Å². The number of imide groups is 1. The van der Waals surface area contributed by atoms with Crippen molar-refractivity contribution in [3.8, 4) is 0 Å². The Morgan fingerprint density at radius 2 is 1.58 bits per heavy atom. The summed E-state index contributed by atoms with van der Waals surface area (Å²) >= 11 is 1.53. The lowest BCUT2D eigenvalue weighted by Gasteiger charge is -2.24. The molecule has 3 N–H and O–H groups in total. The average molecular weight is 617 g/mol. The number of nitrogens with one attached hydrogen (secondary N) is 3. The highest BCUT2D eigenvalue weighted by Crippen LogP contribution is 2.30. The first-order valence-corrected chi connectivity index (χ1v) is 16.9. The van der Waals surface area contributed by atoms with E-state index in [1.807, 2.05) is 24.3 Å². The van der Waals surface area contributed by atoms with Gasteiger partial charge >= 0.3 is 0 Å². The van der Waals surface area contributed by atoms with Gasteiger partial charge in [0.1, 0.15) is 12.1 Å². The number of unbranched alkanes of at least 4 members (excludes halogenated alkanes) is 4. The fourth-order valence-electron chi connectivity index (χ4n) is 4.96. The van der Waals surface area contributed by atoms with E-state index in [0.717, 1.165) is 32.1 Å². The van der Waals surface area contributed by atoms with Crippen molar-refractivity contribution in [3.05, 3.63) is 29.8 Å². The highest BCUT2D eigenvalue weighted by molar-refractivity contribution is 8.01. The van der Waals surface area contributed by atoms with Crippen LogP contribution in [0.2, 0.25) is 0 Å². The van der Waals surface area contributed by atoms with Crippen molar-refractivity contribution in [2.24, 2.45) is 5.92 Å². The number of benzene rings is 1. The van der Waals surface area contributed by atoms with E-state index in [1.54, 1.807) is 20.8 Å². The summed E-state index contributed by atoms with van der Waals surface area (Å²) in [6, 6.07) is 6.04. The molecule has 0 aliphatic carbocycles. The molecule has 0 saturated carbocycles. The molecule has 9 nitrogen and oxygen atoms in total. The van der Waals surface area contributed by atoms with Crippen molar-refractivity contribution < 1.29 is 24.0 Å². The lowest BCUT2D eigenvalue weighted by molar-refractivity contribution is -0.139. The standard InChI is InChI=1S/C33H52N4O5S/c1-7-9-11-12-14-25-15-17-26(18-16-25)35-31(40)24(6)34-32(41)30(22(3)4)36-28(38)19-20-37-29(39)21-27(33(37)42)43-23(5)13-10-8-2/h15-18,22-24,27,30H,7-14,19-21H2,1-6H3,(H,34,41)(H,35,40)(H,36,38)/t23?,24-,27?,30?/m0/s1. The van der Waals surface area contributed by atoms with E-state index in [-0.39, 0.29) is 48.3 Å². The summed E-state index contributed by atoms with van der Waals surface area (Å²) in [5, 5.41) is 8.13. The third-order valence-corrected chi connectivity index (χ3v) is 9.08. The molecule has 1 fully saturated rings. The monoisotopic (exact) mass is 616 g/mol. The number of nitrogens with zero attached hydrogens (tertiary/aromatic N) is 1. The lowest BCUT2D eigenvalue weighted by Crippen LogP contribution is -2.54. The molecular weight excluding hydrogens is 564 g/mol. The van der Waals surface area contributed by atoms with E-state index in [9.17, 15) is 24.0 Å². The molecule has 0 aromatic heterocycles. The molecule has 240 valence electrons. The van der Waals surface area contributed by atoms with E-state index in [1.165, 1.54) is 41.5 Å². The third kappa shape index (κ3) is 12.3. The average Bonchev–Trinajstić information content (AvgIpc) is 3.23. The number of hydrogen-bond donors (Lipinski definition) is 3. The van der Waals surface area contributed by atoms with Crippen LogP contribution in [-0.4, -0.2) is 63.6 Å². The molecule has 43 heavy (non-hydrogen) atoms. The lowest BCUT2D eigenvalue weighted by atomic mass is 10.0. The van der Waals surface area contributed by atoms with Gasteiger partial charge in [0.25, 0.3) is 0 Å². The second-order valence-electron chi connectivity index (χ2n) is 11.9. The van der Waals surface area contributed by atoms with E-state index < -0.39 is 29.1 Å². The van der Waals surface area contributed by atoms with Crippen LogP contribution in [-0.2, 0) is 30.4 Å². The van der Waals surface area contributed by atoms with Gasteiger partial charge in [-0.1, -0.05) is 78.9 Å². The molecule has 3 unspecified atom stereocenters. The SMILES string of the molecule is CCCCCCc1ccc(NC(=O)[C@H](C)NC(=O)C(NC(=O)CCN2C(=O)CC(SC(C)CCCC)C2=O)C(C)C)cc1. The third-order valence-electron chi connectivity index (χ3n) is 7.68. The summed E-state index contributed by atoms with van der Waals surface area (Å²) in [7, 11) is 0. The normalized spacial score (nSPS) is 17.1. The minimum atomic E-state index is -0.873. The first-order valence-electron chi connectivity index (χ1n) is 16.0. The molecule has 0 spiro atoms. The Labute approximate surface area is 262 Å². The Morgan fingerprint density at radius 3 is 2.21 bits per heavy atom. The number of likely N-dealkylation sites (tertiary alicyclic amines) is 1. The second kappa shape index (κ2) is 18.7. The first-order chi connectivity index (χ1) is 20.5. The maximum absolute atomic E-state index is 13.0. The molecule has 1 aromatic rings. The number of rotatable bonds is 19. The smallest absolute Gasteiger partial charge is 0.246 e. The Kier molecular flexibility index (Phi) is 15.8. The van der Waals surface area contributed by atoms with Gasteiger partial charge in [0.2, 0.25) is 29.5 Å². The quantitative estimate of drug-likeness (QED) is 0.145. The maximum atomic E-state index is 13.0. The van der Waals surface area contributed by atoms with Crippen LogP contribution in [0.4, 0.5) is 5.69 Å². The Bertz CT molecular complexity index is 1080. The van der Waals surface area contributed by atoms with Crippen molar-refractivity contribution in [1.82, 2.24) is 15.5 Å². The van der Waals surface area contributed by atoms with Gasteiger partial charge in [0.15, 0.2) is 0 Å². The molecule has 1 heterocycles. The molecule has 2 rings (SSSR count). The van der Waals surface area contributed by atoms with Gasteiger partial charge in [0, 0.05) is 30.3 Å². The highest BCUT2D eigenvalue weighted by Gasteiger charge is 2.39. The Balaban J connectivity index is 1.83. The zero-order chi connectivity index (χ0) is 31.9. The van der Waals surface area contributed by atoms with Crippen LogP contribution in [0.5, 0.6) is 0 Å². The van der Waals surface area contributed by atoms with E-state index in [0.29, 0.717) is 5.69 Å². The molecule has 4 atom stereocenters. The predicted octanol–water partition coefficient (Wildman–Crippen LogP) is 5.22. The van der Waals surface area contributed by atoms with Crippen LogP contribution < -0.4 is 16.0 Å². The van der Waals surface area contributed by atoms with Crippen molar-refractivity contribution in [1.29, 1.82) is 0 Å². The van der Waals surface area contributed by atoms with Gasteiger partial charge in [-0.25, -0.2) is 0 Å². The van der Waals surface area contributed by atoms with Crippen LogP contribution in [0, 0.1) is 5.92 Å². The molecule has 1 aliphatic rings. The van der Waals surface area contributed by atoms with Gasteiger partial charge < -0.3 is 16.0 Å². The summed E-state index contributed by atoms with van der Waals surface area (Å²) in [5.74, 6) is -2.03. The summed E-state index contributed by atoms with van der Waals surface area (Å²) in [6.45, 7) is 11.6. The first kappa shape index (κ1) is 36.3. The van der Waals surface area contributed by atoms with Crippen molar-refractivity contribution in [2.75, 3.05) is 11.9 Å². The van der Waals surface area contributed by atoms with Gasteiger partial charge in [0.05, 0.1) is 5.25 Å². The Hall–Kier alpha value is -2.88. The van der Waals surface area contributed by atoms with Crippen LogP contribution in [0.3, 0.4) is 0 Å². The van der Waals surface area contributed by atoms with Gasteiger partial charge in [-0.3, -0.25) is 28.9 Å². The second-order valence-corrected chi connectivity index (χ2v) is 13.6. The molecule has 1 saturated heterocycles. The molecule has 0 bridgehead atoms. The summed E-state index contributed by atoms with van der Waals surface area (Å²) in [5.41, 5.74) is 1.87. The minimum Gasteiger partial charge on any atom is -0.344 e. The summed E-state index contributed by atoms with van der Waals surface area (Å²) in [4.78, 5) is 65.1. The molecule has 0 radical (unpaired) electrons. The largest absolute Gasteiger partial charge is 0.344 e. The molecule has 10 heteroatoms. The topological polar surface area (TPSA) is 125 Å². The van der Waals surface area contributed by atoms with E-state index >= 15 is 0 Å². The summed E-state index contributed by atoms with van der Waals surface area (Å²) < 4.78 is 0. The van der Waals surface area contributed by atoms with E-state index in [4.69, 9.17) is 0 Å². The van der Waals surface area contributed by atoms with Crippen LogP contribution in [0.25, 0.3) is 0 Å². The number of anilines is 1. The van der Waals surface area contributed by atoms with Gasteiger partial charge in [-0.2, -0.15) is 0 Å². The fraction of sp³-hybridized carbons (Fsp3) is 0.667. The van der Waals surface area contributed by atoms with Crippen molar-refractivity contribution in [3.63, 3.8) is 0 Å².